The van der Waals surface area contributed by atoms with Crippen molar-refractivity contribution in [3.05, 3.63) is 88.4 Å². The maximum Gasteiger partial charge on any atom is 0.338 e. The molecule has 3 aromatic carbocycles. The Labute approximate surface area is 190 Å². The van der Waals surface area contributed by atoms with Gasteiger partial charge < -0.3 is 14.2 Å². The molecule has 0 unspecified atom stereocenters. The Bertz CT molecular complexity index is 895. The third-order valence-electron chi connectivity index (χ3n) is 4.10. The Kier molecular flexibility index (Phi) is 8.31. The van der Waals surface area contributed by atoms with Crippen molar-refractivity contribution in [2.45, 2.75) is 11.0 Å². The number of hydrogen-bond donors (Lipinski definition) is 0. The zero-order chi connectivity index (χ0) is 21.3. The van der Waals surface area contributed by atoms with Crippen molar-refractivity contribution >= 4 is 40.9 Å². The maximum atomic E-state index is 12.6. The second-order valence-electron chi connectivity index (χ2n) is 6.29. The summed E-state index contributed by atoms with van der Waals surface area (Å²) in [4.78, 5) is 13.6. The summed E-state index contributed by atoms with van der Waals surface area (Å²) in [6.07, 6.45) is -0.462. The SMILES string of the molecule is COc1ccc(C(=O)O[C@@H](COc2ccc(Cl)cc2)CSc2ccc(Cl)cc2)cc1. The normalized spacial score (nSPS) is 11.6. The molecule has 0 aliphatic carbocycles. The second kappa shape index (κ2) is 11.2. The molecule has 4 nitrogen and oxygen atoms in total. The molecular formula is C23H20Cl2O4S. The van der Waals surface area contributed by atoms with Crippen LogP contribution in [0.4, 0.5) is 0 Å². The first-order chi connectivity index (χ1) is 14.5. The number of hydrogen-bond acceptors (Lipinski definition) is 5. The highest BCUT2D eigenvalue weighted by Crippen LogP contribution is 2.23. The van der Waals surface area contributed by atoms with Crippen molar-refractivity contribution in [3.8, 4) is 11.5 Å². The van der Waals surface area contributed by atoms with E-state index in [1.807, 2.05) is 24.3 Å². The molecule has 0 bridgehead atoms. The Balaban J connectivity index is 1.65. The minimum atomic E-state index is -0.462. The van der Waals surface area contributed by atoms with E-state index >= 15 is 0 Å². The van der Waals surface area contributed by atoms with Gasteiger partial charge in [0.15, 0.2) is 0 Å². The van der Waals surface area contributed by atoms with Crippen molar-refractivity contribution in [1.29, 1.82) is 0 Å². The molecule has 0 aliphatic rings. The van der Waals surface area contributed by atoms with Crippen LogP contribution in [0.5, 0.6) is 11.5 Å². The monoisotopic (exact) mass is 462 g/mol. The quantitative estimate of drug-likeness (QED) is 0.272. The number of carbonyl (C=O) groups is 1. The Morgan fingerprint density at radius 3 is 2.03 bits per heavy atom. The molecule has 0 fully saturated rings. The first-order valence-electron chi connectivity index (χ1n) is 9.15. The molecule has 0 radical (unpaired) electrons. The number of halogens is 2. The fourth-order valence-corrected chi connectivity index (χ4v) is 3.63. The average Bonchev–Trinajstić information content (AvgIpc) is 2.77. The van der Waals surface area contributed by atoms with Crippen LogP contribution in [0.25, 0.3) is 0 Å². The lowest BCUT2D eigenvalue weighted by molar-refractivity contribution is 0.0241. The predicted molar refractivity (Wildman–Crippen MR) is 121 cm³/mol. The smallest absolute Gasteiger partial charge is 0.338 e. The van der Waals surface area contributed by atoms with Gasteiger partial charge in [0.05, 0.1) is 12.7 Å². The van der Waals surface area contributed by atoms with Gasteiger partial charge in [-0.15, -0.1) is 11.8 Å². The van der Waals surface area contributed by atoms with Crippen LogP contribution in [-0.4, -0.2) is 31.5 Å². The number of carbonyl (C=O) groups excluding carboxylic acids is 1. The van der Waals surface area contributed by atoms with Crippen LogP contribution in [0.3, 0.4) is 0 Å². The van der Waals surface area contributed by atoms with Crippen molar-refractivity contribution in [1.82, 2.24) is 0 Å². The second-order valence-corrected chi connectivity index (χ2v) is 8.25. The summed E-state index contributed by atoms with van der Waals surface area (Å²) in [6.45, 7) is 0.212. The fourth-order valence-electron chi connectivity index (χ4n) is 2.50. The van der Waals surface area contributed by atoms with Gasteiger partial charge in [-0.3, -0.25) is 0 Å². The summed E-state index contributed by atoms with van der Waals surface area (Å²) in [7, 11) is 1.57. The third-order valence-corrected chi connectivity index (χ3v) is 5.75. The topological polar surface area (TPSA) is 44.8 Å². The fraction of sp³-hybridized carbons (Fsp3) is 0.174. The molecule has 1 atom stereocenters. The van der Waals surface area contributed by atoms with Crippen LogP contribution in [0.1, 0.15) is 10.4 Å². The molecule has 0 saturated carbocycles. The van der Waals surface area contributed by atoms with E-state index in [9.17, 15) is 4.79 Å². The number of rotatable bonds is 9. The van der Waals surface area contributed by atoms with Crippen LogP contribution in [0, 0.1) is 0 Å². The molecule has 0 aliphatic heterocycles. The zero-order valence-corrected chi connectivity index (χ0v) is 18.5. The van der Waals surface area contributed by atoms with Crippen molar-refractivity contribution < 1.29 is 19.0 Å². The van der Waals surface area contributed by atoms with E-state index in [0.29, 0.717) is 32.9 Å². The van der Waals surface area contributed by atoms with Gasteiger partial charge >= 0.3 is 5.97 Å². The molecule has 0 N–H and O–H groups in total. The molecule has 7 heteroatoms. The van der Waals surface area contributed by atoms with Crippen LogP contribution in [0.2, 0.25) is 10.0 Å². The van der Waals surface area contributed by atoms with Crippen LogP contribution < -0.4 is 9.47 Å². The Hall–Kier alpha value is -2.34. The summed E-state index contributed by atoms with van der Waals surface area (Å²) in [5, 5.41) is 1.30. The molecule has 0 amide bonds. The van der Waals surface area contributed by atoms with E-state index in [4.69, 9.17) is 37.4 Å². The summed E-state index contributed by atoms with van der Waals surface area (Å²) < 4.78 is 16.7. The van der Waals surface area contributed by atoms with Gasteiger partial charge in [0.25, 0.3) is 0 Å². The van der Waals surface area contributed by atoms with Gasteiger partial charge in [0.1, 0.15) is 24.2 Å². The van der Waals surface area contributed by atoms with Crippen molar-refractivity contribution in [3.63, 3.8) is 0 Å². The van der Waals surface area contributed by atoms with Crippen LogP contribution in [0.15, 0.2) is 77.7 Å². The maximum absolute atomic E-state index is 12.6. The van der Waals surface area contributed by atoms with Gasteiger partial charge in [0.2, 0.25) is 0 Å². The lowest BCUT2D eigenvalue weighted by atomic mass is 10.2. The number of ether oxygens (including phenoxy) is 3. The largest absolute Gasteiger partial charge is 0.497 e. The van der Waals surface area contributed by atoms with E-state index in [1.54, 1.807) is 67.4 Å². The number of thioether (sulfide) groups is 1. The van der Waals surface area contributed by atoms with E-state index in [1.165, 1.54) is 0 Å². The summed E-state index contributed by atoms with van der Waals surface area (Å²) >= 11 is 13.4. The summed E-state index contributed by atoms with van der Waals surface area (Å²) in [5.74, 6) is 1.44. The Morgan fingerprint density at radius 1 is 0.867 bits per heavy atom. The highest BCUT2D eigenvalue weighted by atomic mass is 35.5. The zero-order valence-electron chi connectivity index (χ0n) is 16.2. The first kappa shape index (κ1) is 22.3. The van der Waals surface area contributed by atoms with Gasteiger partial charge in [-0.2, -0.15) is 0 Å². The summed E-state index contributed by atoms with van der Waals surface area (Å²) in [5.41, 5.74) is 0.448. The molecule has 0 saturated heterocycles. The Morgan fingerprint density at radius 2 is 1.43 bits per heavy atom. The van der Waals surface area contributed by atoms with Crippen LogP contribution >= 0.6 is 35.0 Å². The van der Waals surface area contributed by atoms with E-state index in [0.717, 1.165) is 4.90 Å². The average molecular weight is 463 g/mol. The lowest BCUT2D eigenvalue weighted by Gasteiger charge is -2.19. The molecule has 0 spiro atoms. The first-order valence-corrected chi connectivity index (χ1v) is 10.9. The van der Waals surface area contributed by atoms with E-state index < -0.39 is 12.1 Å². The molecule has 156 valence electrons. The van der Waals surface area contributed by atoms with Crippen molar-refractivity contribution in [2.24, 2.45) is 0 Å². The number of esters is 1. The highest BCUT2D eigenvalue weighted by Gasteiger charge is 2.18. The summed E-state index contributed by atoms with van der Waals surface area (Å²) in [6, 6.07) is 21.3. The lowest BCUT2D eigenvalue weighted by Crippen LogP contribution is -2.27. The van der Waals surface area contributed by atoms with Gasteiger partial charge in [-0.05, 0) is 72.8 Å². The van der Waals surface area contributed by atoms with Crippen molar-refractivity contribution in [2.75, 3.05) is 19.5 Å². The molecular weight excluding hydrogens is 443 g/mol. The van der Waals surface area contributed by atoms with E-state index in [2.05, 4.69) is 0 Å². The predicted octanol–water partition coefficient (Wildman–Crippen LogP) is 6.40. The molecule has 3 aromatic rings. The van der Waals surface area contributed by atoms with Gasteiger partial charge in [-0.25, -0.2) is 4.79 Å². The highest BCUT2D eigenvalue weighted by molar-refractivity contribution is 7.99. The molecule has 0 heterocycles. The standard InChI is InChI=1S/C23H20Cl2O4S/c1-27-19-8-2-16(3-9-19)23(26)29-21(14-28-20-10-4-17(24)5-11-20)15-30-22-12-6-18(25)7-13-22/h2-13,21H,14-15H2,1H3/t21-/m0/s1. The minimum Gasteiger partial charge on any atom is -0.497 e. The number of benzene rings is 3. The van der Waals surface area contributed by atoms with Gasteiger partial charge in [0, 0.05) is 20.7 Å². The molecule has 3 rings (SSSR count). The van der Waals surface area contributed by atoms with Gasteiger partial charge in [-0.1, -0.05) is 23.2 Å². The van der Waals surface area contributed by atoms with Crippen LogP contribution in [-0.2, 0) is 4.74 Å². The minimum absolute atomic E-state index is 0.212. The van der Waals surface area contributed by atoms with E-state index in [-0.39, 0.29) is 6.61 Å². The third kappa shape index (κ3) is 6.87. The number of methoxy groups -OCH3 is 1. The molecule has 30 heavy (non-hydrogen) atoms. The molecule has 0 aromatic heterocycles.